The molecule has 0 atom stereocenters. The smallest absolute Gasteiger partial charge is 0.306 e. The van der Waals surface area contributed by atoms with Crippen LogP contribution in [0.25, 0.3) is 11.1 Å². The first-order valence-corrected chi connectivity index (χ1v) is 13.2. The Bertz CT molecular complexity index is 1400. The zero-order chi connectivity index (χ0) is 26.5. The highest BCUT2D eigenvalue weighted by Gasteiger charge is 2.55. The molecule has 4 N–H and O–H groups in total. The molecule has 1 aromatic heterocycles. The van der Waals surface area contributed by atoms with Crippen LogP contribution < -0.4 is 11.1 Å². The normalized spacial score (nSPS) is 22.2. The molecule has 192 valence electrons. The predicted molar refractivity (Wildman–Crippen MR) is 140 cm³/mol. The van der Waals surface area contributed by atoms with Gasteiger partial charge in [-0.3, -0.25) is 14.4 Å². The second-order valence-corrected chi connectivity index (χ2v) is 12.0. The van der Waals surface area contributed by atoms with Crippen LogP contribution in [0.4, 0.5) is 4.39 Å². The first-order valence-electron chi connectivity index (χ1n) is 12.4. The summed E-state index contributed by atoms with van der Waals surface area (Å²) in [4.78, 5) is 38.0. The second kappa shape index (κ2) is 9.41. The van der Waals surface area contributed by atoms with E-state index in [1.54, 1.807) is 17.4 Å². The van der Waals surface area contributed by atoms with Crippen molar-refractivity contribution in [3.8, 4) is 11.1 Å². The van der Waals surface area contributed by atoms with Crippen LogP contribution in [0.2, 0.25) is 0 Å². The molecule has 0 unspecified atom stereocenters. The van der Waals surface area contributed by atoms with E-state index in [4.69, 9.17) is 10.8 Å². The van der Waals surface area contributed by atoms with Crippen LogP contribution in [0.1, 0.15) is 67.3 Å². The molecule has 2 aliphatic rings. The number of rotatable bonds is 7. The number of hydrogen-bond donors (Lipinski definition) is 3. The first-order chi connectivity index (χ1) is 17.5. The number of carboxylic acid groups (broad SMARTS) is 1. The van der Waals surface area contributed by atoms with E-state index in [-0.39, 0.29) is 28.8 Å². The number of nitrogens with two attached hydrogens (primary N) is 1. The van der Waals surface area contributed by atoms with E-state index in [2.05, 4.69) is 5.32 Å². The summed E-state index contributed by atoms with van der Waals surface area (Å²) in [6.45, 7) is 3.99. The van der Waals surface area contributed by atoms with Crippen molar-refractivity contribution in [2.75, 3.05) is 0 Å². The SMILES string of the molecule is Cc1sc(C)c(C(=O)NC2CC3(C2)CC(C(=O)O)C3)c1Cc1ccc(-c2cc(F)cc(C(N)=O)c2)cc1. The third kappa shape index (κ3) is 4.90. The number of primary amides is 1. The third-order valence-electron chi connectivity index (χ3n) is 7.86. The molecule has 2 aromatic carbocycles. The van der Waals surface area contributed by atoms with Crippen LogP contribution in [-0.2, 0) is 11.2 Å². The molecule has 2 aliphatic carbocycles. The summed E-state index contributed by atoms with van der Waals surface area (Å²) in [6, 6.07) is 11.8. The number of halogens is 1. The lowest BCUT2D eigenvalue weighted by Crippen LogP contribution is -2.57. The molecular weight excluding hydrogens is 491 g/mol. The number of aryl methyl sites for hydroxylation is 2. The van der Waals surface area contributed by atoms with Crippen molar-refractivity contribution in [2.24, 2.45) is 17.1 Å². The topological polar surface area (TPSA) is 109 Å². The Labute approximate surface area is 218 Å². The fourth-order valence-electron chi connectivity index (χ4n) is 6.00. The van der Waals surface area contributed by atoms with E-state index >= 15 is 0 Å². The average Bonchev–Trinajstić information content (AvgIpc) is 3.06. The average molecular weight is 521 g/mol. The van der Waals surface area contributed by atoms with Crippen molar-refractivity contribution >= 4 is 29.1 Å². The fraction of sp³-hybridized carbons (Fsp3) is 0.345. The molecule has 1 spiro atoms. The maximum absolute atomic E-state index is 14.0. The minimum atomic E-state index is -0.716. The molecule has 0 radical (unpaired) electrons. The van der Waals surface area contributed by atoms with Gasteiger partial charge in [0, 0.05) is 21.4 Å². The van der Waals surface area contributed by atoms with E-state index in [0.717, 1.165) is 50.9 Å². The van der Waals surface area contributed by atoms with Crippen LogP contribution in [-0.4, -0.2) is 28.9 Å². The Morgan fingerprint density at radius 3 is 2.32 bits per heavy atom. The molecule has 0 saturated heterocycles. The summed E-state index contributed by atoms with van der Waals surface area (Å²) in [5.41, 5.74) is 9.62. The molecule has 2 fully saturated rings. The monoisotopic (exact) mass is 520 g/mol. The van der Waals surface area contributed by atoms with Gasteiger partial charge < -0.3 is 16.2 Å². The minimum Gasteiger partial charge on any atom is -0.481 e. The Kier molecular flexibility index (Phi) is 6.40. The van der Waals surface area contributed by atoms with Crippen LogP contribution in [0.5, 0.6) is 0 Å². The van der Waals surface area contributed by atoms with Gasteiger partial charge in [0.05, 0.1) is 11.5 Å². The quantitative estimate of drug-likeness (QED) is 0.396. The lowest BCUT2D eigenvalue weighted by Gasteiger charge is -2.56. The molecule has 3 aromatic rings. The van der Waals surface area contributed by atoms with Gasteiger partial charge in [0.2, 0.25) is 5.91 Å². The van der Waals surface area contributed by atoms with Gasteiger partial charge in [0.25, 0.3) is 5.91 Å². The van der Waals surface area contributed by atoms with Crippen molar-refractivity contribution < 1.29 is 23.9 Å². The van der Waals surface area contributed by atoms with E-state index in [1.165, 1.54) is 6.07 Å². The standard InChI is InChI=1S/C29H29FN2O4S/c1-15-24(7-17-3-5-18(6-4-17)19-8-20(26(31)33)10-22(30)9-19)25(16(2)37-15)27(34)32-23-13-29(14-23)11-21(12-29)28(35)36/h3-6,8-10,21,23H,7,11-14H2,1-2H3,(H2,31,33)(H,32,34)(H,35,36). The van der Waals surface area contributed by atoms with Gasteiger partial charge in [-0.15, -0.1) is 11.3 Å². The molecule has 0 bridgehead atoms. The number of hydrogen-bond acceptors (Lipinski definition) is 4. The maximum Gasteiger partial charge on any atom is 0.306 e. The molecule has 6 nitrogen and oxygen atoms in total. The highest BCUT2D eigenvalue weighted by molar-refractivity contribution is 7.12. The molecule has 37 heavy (non-hydrogen) atoms. The summed E-state index contributed by atoms with van der Waals surface area (Å²) in [5, 5.41) is 12.3. The lowest BCUT2D eigenvalue weighted by molar-refractivity contribution is -0.155. The van der Waals surface area contributed by atoms with Gasteiger partial charge in [0.15, 0.2) is 0 Å². The summed E-state index contributed by atoms with van der Waals surface area (Å²) < 4.78 is 14.0. The third-order valence-corrected chi connectivity index (χ3v) is 8.93. The van der Waals surface area contributed by atoms with Gasteiger partial charge in [-0.1, -0.05) is 24.3 Å². The van der Waals surface area contributed by atoms with Crippen LogP contribution in [0.3, 0.4) is 0 Å². The lowest BCUT2D eigenvalue weighted by atomic mass is 9.50. The van der Waals surface area contributed by atoms with Gasteiger partial charge in [-0.25, -0.2) is 4.39 Å². The Morgan fingerprint density at radius 2 is 1.70 bits per heavy atom. The zero-order valence-electron chi connectivity index (χ0n) is 20.8. The molecule has 0 aliphatic heterocycles. The van der Waals surface area contributed by atoms with Gasteiger partial charge in [-0.05, 0) is 91.8 Å². The van der Waals surface area contributed by atoms with Gasteiger partial charge >= 0.3 is 5.97 Å². The van der Waals surface area contributed by atoms with E-state index in [1.807, 2.05) is 38.1 Å². The van der Waals surface area contributed by atoms with Crippen molar-refractivity contribution in [1.82, 2.24) is 5.32 Å². The first kappa shape index (κ1) is 25.1. The number of carbonyl (C=O) groups is 3. The molecule has 8 heteroatoms. The predicted octanol–water partition coefficient (Wildman–Crippen LogP) is 5.23. The van der Waals surface area contributed by atoms with Crippen LogP contribution in [0, 0.1) is 31.0 Å². The number of thiophene rings is 1. The van der Waals surface area contributed by atoms with E-state index < -0.39 is 17.7 Å². The summed E-state index contributed by atoms with van der Waals surface area (Å²) in [5.74, 6) is -2.22. The number of carboxylic acids is 1. The van der Waals surface area contributed by atoms with Gasteiger partial charge in [0.1, 0.15) is 5.82 Å². The van der Waals surface area contributed by atoms with Gasteiger partial charge in [-0.2, -0.15) is 0 Å². The van der Waals surface area contributed by atoms with E-state index in [9.17, 15) is 18.8 Å². The van der Waals surface area contributed by atoms with Crippen LogP contribution in [0.15, 0.2) is 42.5 Å². The summed E-state index contributed by atoms with van der Waals surface area (Å²) in [7, 11) is 0. The van der Waals surface area contributed by atoms with Crippen molar-refractivity contribution in [2.45, 2.75) is 52.0 Å². The Hall–Kier alpha value is -3.52. The molecule has 2 saturated carbocycles. The molecule has 2 amide bonds. The summed E-state index contributed by atoms with van der Waals surface area (Å²) >= 11 is 1.61. The number of carbonyl (C=O) groups excluding carboxylic acids is 2. The molecule has 1 heterocycles. The van der Waals surface area contributed by atoms with Crippen molar-refractivity contribution in [3.05, 3.63) is 80.3 Å². The van der Waals surface area contributed by atoms with Crippen molar-refractivity contribution in [3.63, 3.8) is 0 Å². The fourth-order valence-corrected chi connectivity index (χ4v) is 7.07. The van der Waals surface area contributed by atoms with Crippen LogP contribution >= 0.6 is 11.3 Å². The largest absolute Gasteiger partial charge is 0.481 e. The number of nitrogens with one attached hydrogen (secondary N) is 1. The summed E-state index contributed by atoms with van der Waals surface area (Å²) in [6.07, 6.45) is 3.71. The minimum absolute atomic E-state index is 0.0684. The second-order valence-electron chi connectivity index (χ2n) is 10.6. The highest BCUT2D eigenvalue weighted by Crippen LogP contribution is 2.58. The zero-order valence-corrected chi connectivity index (χ0v) is 21.6. The number of aliphatic carboxylic acids is 1. The van der Waals surface area contributed by atoms with Crippen molar-refractivity contribution in [1.29, 1.82) is 0 Å². The molecule has 5 rings (SSSR count). The number of amides is 2. The maximum atomic E-state index is 14.0. The Morgan fingerprint density at radius 1 is 1.03 bits per heavy atom. The van der Waals surface area contributed by atoms with E-state index in [0.29, 0.717) is 24.8 Å². The molecular formula is C29H29FN2O4S. The highest BCUT2D eigenvalue weighted by atomic mass is 32.1. The Balaban J connectivity index is 1.28. The number of benzene rings is 2.